The molecule has 1 aromatic rings. The van der Waals surface area contributed by atoms with E-state index in [9.17, 15) is 14.4 Å². The van der Waals surface area contributed by atoms with Crippen molar-refractivity contribution in [1.82, 2.24) is 10.6 Å². The molecule has 23 heavy (non-hydrogen) atoms. The Kier molecular flexibility index (Phi) is 6.56. The molecule has 126 valence electrons. The van der Waals surface area contributed by atoms with E-state index >= 15 is 0 Å². The summed E-state index contributed by atoms with van der Waals surface area (Å²) in [6.45, 7) is 6.73. The highest BCUT2D eigenvalue weighted by Crippen LogP contribution is 2.21. The Morgan fingerprint density at radius 1 is 1.13 bits per heavy atom. The second-order valence-electron chi connectivity index (χ2n) is 5.37. The van der Waals surface area contributed by atoms with Gasteiger partial charge in [0.25, 0.3) is 5.91 Å². The Labute approximate surface area is 135 Å². The van der Waals surface area contributed by atoms with Crippen LogP contribution in [-0.4, -0.2) is 37.2 Å². The van der Waals surface area contributed by atoms with E-state index in [1.165, 1.54) is 14.0 Å². The van der Waals surface area contributed by atoms with Gasteiger partial charge in [-0.3, -0.25) is 10.1 Å². The zero-order chi connectivity index (χ0) is 17.6. The zero-order valence-corrected chi connectivity index (χ0v) is 13.9. The number of ether oxygens (including phenoxy) is 2. The third-order valence-corrected chi connectivity index (χ3v) is 2.88. The summed E-state index contributed by atoms with van der Waals surface area (Å²) in [4.78, 5) is 35.5. The van der Waals surface area contributed by atoms with E-state index < -0.39 is 24.0 Å². The van der Waals surface area contributed by atoms with Crippen LogP contribution < -0.4 is 15.4 Å². The van der Waals surface area contributed by atoms with Gasteiger partial charge < -0.3 is 14.8 Å². The molecule has 0 aliphatic carbocycles. The number of methoxy groups -OCH3 is 1. The molecule has 0 bridgehead atoms. The van der Waals surface area contributed by atoms with Gasteiger partial charge in [0.15, 0.2) is 6.10 Å². The Hall–Kier alpha value is -2.57. The third-order valence-electron chi connectivity index (χ3n) is 2.88. The van der Waals surface area contributed by atoms with Gasteiger partial charge >= 0.3 is 12.0 Å². The highest BCUT2D eigenvalue weighted by atomic mass is 16.5. The molecule has 0 aliphatic rings. The van der Waals surface area contributed by atoms with Gasteiger partial charge in [0.05, 0.1) is 7.11 Å². The molecule has 0 aromatic heterocycles. The first-order chi connectivity index (χ1) is 10.7. The predicted molar refractivity (Wildman–Crippen MR) is 84.4 cm³/mol. The van der Waals surface area contributed by atoms with E-state index in [1.54, 1.807) is 32.0 Å². The van der Waals surface area contributed by atoms with Crippen LogP contribution in [0, 0.1) is 6.92 Å². The van der Waals surface area contributed by atoms with Crippen molar-refractivity contribution in [2.75, 3.05) is 7.11 Å². The summed E-state index contributed by atoms with van der Waals surface area (Å²) in [7, 11) is 1.44. The van der Waals surface area contributed by atoms with Crippen molar-refractivity contribution < 1.29 is 23.9 Å². The van der Waals surface area contributed by atoms with Gasteiger partial charge in [0, 0.05) is 6.04 Å². The number of urea groups is 1. The molecule has 0 saturated heterocycles. The minimum absolute atomic E-state index is 0.114. The Bertz CT molecular complexity index is 598. The molecule has 0 unspecified atom stereocenters. The molecule has 0 heterocycles. The lowest BCUT2D eigenvalue weighted by molar-refractivity contribution is -0.127. The number of amides is 3. The first-order valence-electron chi connectivity index (χ1n) is 7.21. The van der Waals surface area contributed by atoms with Crippen LogP contribution in [0.15, 0.2) is 18.2 Å². The van der Waals surface area contributed by atoms with E-state index in [2.05, 4.69) is 10.6 Å². The summed E-state index contributed by atoms with van der Waals surface area (Å²) in [5.41, 5.74) is 1.07. The average Bonchev–Trinajstić information content (AvgIpc) is 2.45. The second kappa shape index (κ2) is 8.17. The highest BCUT2D eigenvalue weighted by molar-refractivity contribution is 5.99. The standard InChI is InChI=1S/C16H22N2O5/c1-9(2)17-16(21)18-14(19)11(4)23-15(20)12-8-10(3)6-7-13(12)22-5/h6-9,11H,1-5H3,(H2,17,18,19,21)/t11-/m0/s1. The predicted octanol–water partition coefficient (Wildman–Crippen LogP) is 1.78. The number of rotatable bonds is 5. The maximum atomic E-state index is 12.2. The minimum Gasteiger partial charge on any atom is -0.496 e. The lowest BCUT2D eigenvalue weighted by Crippen LogP contribution is -2.46. The number of aryl methyl sites for hydroxylation is 1. The molecule has 0 spiro atoms. The van der Waals surface area contributed by atoms with Crippen molar-refractivity contribution in [3.8, 4) is 5.75 Å². The molecule has 7 nitrogen and oxygen atoms in total. The quantitative estimate of drug-likeness (QED) is 0.806. The van der Waals surface area contributed by atoms with Gasteiger partial charge in [-0.15, -0.1) is 0 Å². The molecule has 1 rings (SSSR count). The molecular formula is C16H22N2O5. The van der Waals surface area contributed by atoms with Gasteiger partial charge in [-0.25, -0.2) is 9.59 Å². The van der Waals surface area contributed by atoms with Gasteiger partial charge in [0.2, 0.25) is 0 Å². The lowest BCUT2D eigenvalue weighted by Gasteiger charge is -2.15. The number of nitrogens with one attached hydrogen (secondary N) is 2. The molecule has 0 saturated carbocycles. The number of carbonyl (C=O) groups excluding carboxylic acids is 3. The summed E-state index contributed by atoms with van der Waals surface area (Å²) in [6.07, 6.45) is -1.12. The molecule has 0 fully saturated rings. The first kappa shape index (κ1) is 18.5. The Balaban J connectivity index is 2.71. The van der Waals surface area contributed by atoms with Crippen molar-refractivity contribution in [1.29, 1.82) is 0 Å². The van der Waals surface area contributed by atoms with Gasteiger partial charge in [-0.05, 0) is 39.8 Å². The van der Waals surface area contributed by atoms with Gasteiger partial charge in [-0.1, -0.05) is 11.6 Å². The molecule has 7 heteroatoms. The van der Waals surface area contributed by atoms with E-state index in [0.29, 0.717) is 5.75 Å². The topological polar surface area (TPSA) is 93.7 Å². The summed E-state index contributed by atoms with van der Waals surface area (Å²) in [6, 6.07) is 4.30. The van der Waals surface area contributed by atoms with E-state index in [4.69, 9.17) is 9.47 Å². The van der Waals surface area contributed by atoms with Crippen LogP contribution in [0.3, 0.4) is 0 Å². The molecule has 0 aliphatic heterocycles. The van der Waals surface area contributed by atoms with Crippen LogP contribution in [0.25, 0.3) is 0 Å². The second-order valence-corrected chi connectivity index (χ2v) is 5.37. The maximum Gasteiger partial charge on any atom is 0.342 e. The number of hydrogen-bond acceptors (Lipinski definition) is 5. The van der Waals surface area contributed by atoms with E-state index in [1.807, 2.05) is 6.92 Å². The summed E-state index contributed by atoms with van der Waals surface area (Å²) in [5, 5.41) is 4.62. The molecule has 3 amide bonds. The van der Waals surface area contributed by atoms with Crippen LogP contribution in [0.1, 0.15) is 36.7 Å². The monoisotopic (exact) mass is 322 g/mol. The van der Waals surface area contributed by atoms with Gasteiger partial charge in [0.1, 0.15) is 11.3 Å². The van der Waals surface area contributed by atoms with Crippen molar-refractivity contribution in [3.05, 3.63) is 29.3 Å². The summed E-state index contributed by atoms with van der Waals surface area (Å²) < 4.78 is 10.2. The largest absolute Gasteiger partial charge is 0.496 e. The fourth-order valence-electron chi connectivity index (χ4n) is 1.77. The molecule has 1 atom stereocenters. The van der Waals surface area contributed by atoms with Crippen molar-refractivity contribution in [2.24, 2.45) is 0 Å². The van der Waals surface area contributed by atoms with E-state index in [-0.39, 0.29) is 11.6 Å². The van der Waals surface area contributed by atoms with Crippen LogP contribution >= 0.6 is 0 Å². The smallest absolute Gasteiger partial charge is 0.342 e. The van der Waals surface area contributed by atoms with Crippen LogP contribution in [-0.2, 0) is 9.53 Å². The van der Waals surface area contributed by atoms with Crippen molar-refractivity contribution in [3.63, 3.8) is 0 Å². The van der Waals surface area contributed by atoms with Crippen LogP contribution in [0.5, 0.6) is 5.75 Å². The van der Waals surface area contributed by atoms with E-state index in [0.717, 1.165) is 5.56 Å². The minimum atomic E-state index is -1.12. The van der Waals surface area contributed by atoms with Crippen LogP contribution in [0.4, 0.5) is 4.79 Å². The third kappa shape index (κ3) is 5.61. The number of hydrogen-bond donors (Lipinski definition) is 2. The number of benzene rings is 1. The molecular weight excluding hydrogens is 300 g/mol. The summed E-state index contributed by atoms with van der Waals surface area (Å²) in [5.74, 6) is -1.05. The highest BCUT2D eigenvalue weighted by Gasteiger charge is 2.23. The normalized spacial score (nSPS) is 11.6. The fraction of sp³-hybridized carbons (Fsp3) is 0.438. The zero-order valence-electron chi connectivity index (χ0n) is 13.9. The molecule has 1 aromatic carbocycles. The van der Waals surface area contributed by atoms with Crippen LogP contribution in [0.2, 0.25) is 0 Å². The number of carbonyl (C=O) groups is 3. The maximum absolute atomic E-state index is 12.2. The van der Waals surface area contributed by atoms with Gasteiger partial charge in [-0.2, -0.15) is 0 Å². The Morgan fingerprint density at radius 2 is 1.78 bits per heavy atom. The SMILES string of the molecule is COc1ccc(C)cc1C(=O)O[C@@H](C)C(=O)NC(=O)NC(C)C. The molecule has 0 radical (unpaired) electrons. The van der Waals surface area contributed by atoms with Crippen molar-refractivity contribution >= 4 is 17.9 Å². The fourth-order valence-corrected chi connectivity index (χ4v) is 1.77. The average molecular weight is 322 g/mol. The number of esters is 1. The summed E-state index contributed by atoms with van der Waals surface area (Å²) >= 11 is 0. The Morgan fingerprint density at radius 3 is 2.35 bits per heavy atom. The lowest BCUT2D eigenvalue weighted by atomic mass is 10.1. The molecule has 2 N–H and O–H groups in total. The first-order valence-corrected chi connectivity index (χ1v) is 7.21. The number of imide groups is 1. The van der Waals surface area contributed by atoms with Crippen molar-refractivity contribution in [2.45, 2.75) is 39.8 Å².